The molecule has 1 aromatic carbocycles. The first-order valence-electron chi connectivity index (χ1n) is 8.82. The summed E-state index contributed by atoms with van der Waals surface area (Å²) in [5, 5.41) is 2.79. The highest BCUT2D eigenvalue weighted by Crippen LogP contribution is 2.27. The molecule has 0 spiro atoms. The van der Waals surface area contributed by atoms with Gasteiger partial charge in [-0.25, -0.2) is 8.42 Å². The van der Waals surface area contributed by atoms with Gasteiger partial charge in [0, 0.05) is 25.2 Å². The van der Waals surface area contributed by atoms with Crippen molar-refractivity contribution in [2.24, 2.45) is 23.5 Å². The first-order chi connectivity index (χ1) is 11.7. The first kappa shape index (κ1) is 22.9. The van der Waals surface area contributed by atoms with Crippen molar-refractivity contribution >= 4 is 28.3 Å². The van der Waals surface area contributed by atoms with E-state index < -0.39 is 10.0 Å². The van der Waals surface area contributed by atoms with Gasteiger partial charge in [0.25, 0.3) is 5.91 Å². The van der Waals surface area contributed by atoms with Gasteiger partial charge in [0.15, 0.2) is 0 Å². The molecule has 1 heterocycles. The zero-order valence-corrected chi connectivity index (χ0v) is 17.3. The number of sulfonamides is 1. The van der Waals surface area contributed by atoms with Crippen LogP contribution >= 0.6 is 12.4 Å². The number of nitrogens with two attached hydrogens (primary N) is 1. The highest BCUT2D eigenvalue weighted by molar-refractivity contribution is 7.89. The molecule has 3 unspecified atom stereocenters. The second kappa shape index (κ2) is 9.69. The van der Waals surface area contributed by atoms with E-state index in [1.54, 1.807) is 22.5 Å². The number of amides is 1. The molecule has 1 amide bonds. The standard InChI is InChI=1S/C18H29N3O3S.ClH/c1-13-7-14(2)12-21(11-13)25(23,24)17-6-4-5-16(8-17)18(22)20-10-15(3)9-19;/h4-6,8,13-15H,7,9-12,19H2,1-3H3,(H,20,22);1H. The van der Waals surface area contributed by atoms with Gasteiger partial charge in [0.05, 0.1) is 4.90 Å². The Balaban J connectivity index is 0.00000338. The lowest BCUT2D eigenvalue weighted by Crippen LogP contribution is -2.42. The number of nitrogens with one attached hydrogen (secondary N) is 1. The number of hydrogen-bond donors (Lipinski definition) is 2. The molecule has 3 atom stereocenters. The molecule has 1 saturated heterocycles. The van der Waals surface area contributed by atoms with Crippen LogP contribution < -0.4 is 11.1 Å². The Labute approximate surface area is 163 Å². The average Bonchev–Trinajstić information content (AvgIpc) is 2.58. The largest absolute Gasteiger partial charge is 0.352 e. The number of halogens is 1. The molecule has 0 radical (unpaired) electrons. The van der Waals surface area contributed by atoms with Crippen molar-refractivity contribution in [2.45, 2.75) is 32.1 Å². The Morgan fingerprint density at radius 3 is 2.50 bits per heavy atom. The summed E-state index contributed by atoms with van der Waals surface area (Å²) in [6.07, 6.45) is 1.04. The maximum atomic E-state index is 12.9. The smallest absolute Gasteiger partial charge is 0.251 e. The summed E-state index contributed by atoms with van der Waals surface area (Å²) < 4.78 is 27.4. The van der Waals surface area contributed by atoms with Crippen molar-refractivity contribution in [2.75, 3.05) is 26.2 Å². The molecule has 3 N–H and O–H groups in total. The van der Waals surface area contributed by atoms with Crippen molar-refractivity contribution in [3.8, 4) is 0 Å². The Kier molecular flexibility index (Phi) is 8.53. The van der Waals surface area contributed by atoms with Gasteiger partial charge in [0.2, 0.25) is 10.0 Å². The van der Waals surface area contributed by atoms with Crippen LogP contribution in [0.5, 0.6) is 0 Å². The summed E-state index contributed by atoms with van der Waals surface area (Å²) in [5.41, 5.74) is 5.90. The molecule has 1 aromatic rings. The fraction of sp³-hybridized carbons (Fsp3) is 0.611. The molecule has 0 saturated carbocycles. The molecule has 0 bridgehead atoms. The molecular weight excluding hydrogens is 374 g/mol. The van der Waals surface area contributed by atoms with Gasteiger partial charge in [-0.2, -0.15) is 4.31 Å². The van der Waals surface area contributed by atoms with E-state index in [4.69, 9.17) is 5.73 Å². The van der Waals surface area contributed by atoms with Gasteiger partial charge in [-0.15, -0.1) is 12.4 Å². The van der Waals surface area contributed by atoms with Crippen LogP contribution in [0.25, 0.3) is 0 Å². The second-order valence-corrected chi connectivity index (χ2v) is 9.28. The zero-order valence-electron chi connectivity index (χ0n) is 15.6. The third kappa shape index (κ3) is 5.67. The van der Waals surface area contributed by atoms with E-state index in [0.29, 0.717) is 43.6 Å². The maximum absolute atomic E-state index is 12.9. The predicted octanol–water partition coefficient (Wildman–Crippen LogP) is 2.10. The summed E-state index contributed by atoms with van der Waals surface area (Å²) >= 11 is 0. The SMILES string of the molecule is CC(CN)CNC(=O)c1cccc(S(=O)(=O)N2CC(C)CC(C)C2)c1.Cl. The van der Waals surface area contributed by atoms with Crippen LogP contribution in [0.3, 0.4) is 0 Å². The van der Waals surface area contributed by atoms with E-state index in [2.05, 4.69) is 19.2 Å². The predicted molar refractivity (Wildman–Crippen MR) is 106 cm³/mol. The monoisotopic (exact) mass is 403 g/mol. The lowest BCUT2D eigenvalue weighted by Gasteiger charge is -2.34. The van der Waals surface area contributed by atoms with Crippen molar-refractivity contribution in [1.82, 2.24) is 9.62 Å². The van der Waals surface area contributed by atoms with Crippen molar-refractivity contribution < 1.29 is 13.2 Å². The number of benzene rings is 1. The minimum absolute atomic E-state index is 0. The van der Waals surface area contributed by atoms with E-state index in [1.165, 1.54) is 6.07 Å². The Morgan fingerprint density at radius 2 is 1.92 bits per heavy atom. The van der Waals surface area contributed by atoms with Crippen LogP contribution in [-0.2, 0) is 10.0 Å². The summed E-state index contributed by atoms with van der Waals surface area (Å²) in [5.74, 6) is 0.565. The molecule has 26 heavy (non-hydrogen) atoms. The van der Waals surface area contributed by atoms with Gasteiger partial charge in [0.1, 0.15) is 0 Å². The van der Waals surface area contributed by atoms with Crippen LogP contribution in [0.1, 0.15) is 37.6 Å². The fourth-order valence-electron chi connectivity index (χ4n) is 3.20. The molecule has 1 fully saturated rings. The van der Waals surface area contributed by atoms with E-state index in [1.807, 2.05) is 6.92 Å². The quantitative estimate of drug-likeness (QED) is 0.760. The van der Waals surface area contributed by atoms with Crippen LogP contribution in [0.2, 0.25) is 0 Å². The van der Waals surface area contributed by atoms with E-state index in [9.17, 15) is 13.2 Å². The maximum Gasteiger partial charge on any atom is 0.251 e. The van der Waals surface area contributed by atoms with E-state index >= 15 is 0 Å². The number of rotatable bonds is 6. The molecule has 1 aliphatic rings. The summed E-state index contributed by atoms with van der Waals surface area (Å²) in [6, 6.07) is 6.26. The highest BCUT2D eigenvalue weighted by atomic mass is 35.5. The number of nitrogens with zero attached hydrogens (tertiary/aromatic N) is 1. The number of hydrogen-bond acceptors (Lipinski definition) is 4. The van der Waals surface area contributed by atoms with Crippen LogP contribution in [0, 0.1) is 17.8 Å². The molecule has 0 aromatic heterocycles. The lowest BCUT2D eigenvalue weighted by molar-refractivity contribution is 0.0948. The van der Waals surface area contributed by atoms with E-state index in [-0.39, 0.29) is 29.1 Å². The summed E-state index contributed by atoms with van der Waals surface area (Å²) in [6.45, 7) is 8.09. The molecule has 2 rings (SSSR count). The molecule has 6 nitrogen and oxygen atoms in total. The minimum atomic E-state index is -3.59. The van der Waals surface area contributed by atoms with Gasteiger partial charge in [-0.1, -0.05) is 26.8 Å². The number of piperidine rings is 1. The lowest BCUT2D eigenvalue weighted by atomic mass is 9.94. The summed E-state index contributed by atoms with van der Waals surface area (Å²) in [4.78, 5) is 12.4. The molecular formula is C18H30ClN3O3S. The summed E-state index contributed by atoms with van der Waals surface area (Å²) in [7, 11) is -3.59. The minimum Gasteiger partial charge on any atom is -0.352 e. The van der Waals surface area contributed by atoms with Crippen molar-refractivity contribution in [3.63, 3.8) is 0 Å². The highest BCUT2D eigenvalue weighted by Gasteiger charge is 2.31. The molecule has 0 aliphatic carbocycles. The molecule has 8 heteroatoms. The number of carbonyl (C=O) groups is 1. The van der Waals surface area contributed by atoms with Crippen LogP contribution in [0.15, 0.2) is 29.2 Å². The van der Waals surface area contributed by atoms with Crippen molar-refractivity contribution in [3.05, 3.63) is 29.8 Å². The fourth-order valence-corrected chi connectivity index (χ4v) is 4.93. The topological polar surface area (TPSA) is 92.5 Å². The first-order valence-corrected chi connectivity index (χ1v) is 10.3. The normalized spacial score (nSPS) is 22.3. The Bertz CT molecular complexity index is 701. The van der Waals surface area contributed by atoms with Crippen molar-refractivity contribution in [1.29, 1.82) is 0 Å². The van der Waals surface area contributed by atoms with Gasteiger partial charge in [-0.3, -0.25) is 4.79 Å². The van der Waals surface area contributed by atoms with Crippen LogP contribution in [-0.4, -0.2) is 44.8 Å². The van der Waals surface area contributed by atoms with E-state index in [0.717, 1.165) is 6.42 Å². The van der Waals surface area contributed by atoms with Gasteiger partial charge >= 0.3 is 0 Å². The Morgan fingerprint density at radius 1 is 1.31 bits per heavy atom. The third-order valence-electron chi connectivity index (χ3n) is 4.58. The second-order valence-electron chi connectivity index (χ2n) is 7.35. The molecule has 148 valence electrons. The molecule has 1 aliphatic heterocycles. The van der Waals surface area contributed by atoms with Gasteiger partial charge in [-0.05, 0) is 48.9 Å². The van der Waals surface area contributed by atoms with Gasteiger partial charge < -0.3 is 11.1 Å². The Hall–Kier alpha value is -1.15. The third-order valence-corrected chi connectivity index (χ3v) is 6.41. The van der Waals surface area contributed by atoms with Crippen LogP contribution in [0.4, 0.5) is 0 Å². The zero-order chi connectivity index (χ0) is 18.6. The number of carbonyl (C=O) groups excluding carboxylic acids is 1. The average molecular weight is 404 g/mol.